The van der Waals surface area contributed by atoms with E-state index in [-0.39, 0.29) is 42.1 Å². The fourth-order valence-corrected chi connectivity index (χ4v) is 4.58. The van der Waals surface area contributed by atoms with E-state index in [0.717, 1.165) is 25.0 Å². The number of nitro benzene ring substituents is 1. The summed E-state index contributed by atoms with van der Waals surface area (Å²) in [5, 5.41) is 19.1. The van der Waals surface area contributed by atoms with Gasteiger partial charge in [-0.2, -0.15) is 0 Å². The van der Waals surface area contributed by atoms with Gasteiger partial charge in [0.05, 0.1) is 34.4 Å². The first-order valence-electron chi connectivity index (χ1n) is 13.5. The third kappa shape index (κ3) is 7.56. The standard InChI is InChI=1S/C28H33N5O8/c1-5-22-25(40-21-8-6-7-18(15-21)27(34)39-17(2)3)14-13-23(29-22)26-24(32(4)31-30-26)16-38-28(35)41-20-11-9-19(10-12-20)33(36)37/h9-14,17-18,21H,5-8,15-16H2,1-4H3/t18-,21-/m0/s1. The lowest BCUT2D eigenvalue weighted by atomic mass is 9.87. The van der Waals surface area contributed by atoms with E-state index in [4.69, 9.17) is 23.9 Å². The van der Waals surface area contributed by atoms with Crippen LogP contribution in [0.5, 0.6) is 11.5 Å². The van der Waals surface area contributed by atoms with E-state index in [1.165, 1.54) is 28.9 Å². The van der Waals surface area contributed by atoms with E-state index in [2.05, 4.69) is 10.3 Å². The molecule has 0 bridgehead atoms. The van der Waals surface area contributed by atoms with E-state index in [1.807, 2.05) is 26.8 Å². The van der Waals surface area contributed by atoms with Gasteiger partial charge in [0.2, 0.25) is 0 Å². The second-order valence-electron chi connectivity index (χ2n) is 9.98. The topological polar surface area (TPSA) is 158 Å². The molecule has 0 radical (unpaired) electrons. The van der Waals surface area contributed by atoms with Gasteiger partial charge < -0.3 is 18.9 Å². The summed E-state index contributed by atoms with van der Waals surface area (Å²) in [6.45, 7) is 5.47. The maximum absolute atomic E-state index is 12.4. The summed E-state index contributed by atoms with van der Waals surface area (Å²) in [7, 11) is 1.67. The van der Waals surface area contributed by atoms with Gasteiger partial charge in [0.15, 0.2) is 0 Å². The maximum Gasteiger partial charge on any atom is 0.514 e. The Balaban J connectivity index is 1.41. The summed E-state index contributed by atoms with van der Waals surface area (Å²) >= 11 is 0. The number of aryl methyl sites for hydroxylation is 2. The number of benzene rings is 1. The Hall–Kier alpha value is -4.55. The Morgan fingerprint density at radius 2 is 1.90 bits per heavy atom. The monoisotopic (exact) mass is 567 g/mol. The van der Waals surface area contributed by atoms with Crippen LogP contribution in [-0.2, 0) is 34.3 Å². The molecule has 3 aromatic rings. The van der Waals surface area contributed by atoms with E-state index in [1.54, 1.807) is 13.1 Å². The highest BCUT2D eigenvalue weighted by molar-refractivity contribution is 5.72. The van der Waals surface area contributed by atoms with Crippen LogP contribution in [0.25, 0.3) is 11.4 Å². The minimum atomic E-state index is -0.986. The predicted molar refractivity (Wildman–Crippen MR) is 145 cm³/mol. The number of nitro groups is 1. The quantitative estimate of drug-likeness (QED) is 0.141. The van der Waals surface area contributed by atoms with Gasteiger partial charge in [0.1, 0.15) is 29.5 Å². The molecule has 0 amide bonds. The summed E-state index contributed by atoms with van der Waals surface area (Å²) < 4.78 is 23.6. The number of hydrogen-bond donors (Lipinski definition) is 0. The van der Waals surface area contributed by atoms with Crippen molar-refractivity contribution < 1.29 is 33.5 Å². The average molecular weight is 568 g/mol. The van der Waals surface area contributed by atoms with Crippen LogP contribution in [0.4, 0.5) is 10.5 Å². The summed E-state index contributed by atoms with van der Waals surface area (Å²) in [5.41, 5.74) is 2.07. The van der Waals surface area contributed by atoms with Gasteiger partial charge in [-0.1, -0.05) is 12.1 Å². The zero-order chi connectivity index (χ0) is 29.5. The molecule has 1 aliphatic carbocycles. The van der Waals surface area contributed by atoms with Crippen molar-refractivity contribution in [2.24, 2.45) is 13.0 Å². The first-order chi connectivity index (χ1) is 19.6. The molecule has 2 atom stereocenters. The van der Waals surface area contributed by atoms with E-state index in [9.17, 15) is 19.7 Å². The van der Waals surface area contributed by atoms with Gasteiger partial charge >= 0.3 is 12.1 Å². The minimum Gasteiger partial charge on any atom is -0.488 e. The van der Waals surface area contributed by atoms with Gasteiger partial charge in [-0.15, -0.1) is 5.10 Å². The van der Waals surface area contributed by atoms with Crippen LogP contribution in [0.1, 0.15) is 57.8 Å². The molecule has 218 valence electrons. The fraction of sp³-hybridized carbons (Fsp3) is 0.464. The zero-order valence-electron chi connectivity index (χ0n) is 23.4. The predicted octanol–water partition coefficient (Wildman–Crippen LogP) is 4.95. The van der Waals surface area contributed by atoms with Crippen molar-refractivity contribution >= 4 is 17.8 Å². The number of nitrogens with zero attached hydrogens (tertiary/aromatic N) is 5. The van der Waals surface area contributed by atoms with Gasteiger partial charge in [-0.25, -0.2) is 14.5 Å². The Morgan fingerprint density at radius 1 is 1.15 bits per heavy atom. The van der Waals surface area contributed by atoms with Crippen molar-refractivity contribution in [2.45, 2.75) is 71.7 Å². The van der Waals surface area contributed by atoms with Crippen molar-refractivity contribution in [3.8, 4) is 22.9 Å². The van der Waals surface area contributed by atoms with Crippen LogP contribution in [0.15, 0.2) is 36.4 Å². The molecule has 0 unspecified atom stereocenters. The molecule has 1 fully saturated rings. The van der Waals surface area contributed by atoms with Crippen LogP contribution < -0.4 is 9.47 Å². The summed E-state index contributed by atoms with van der Waals surface area (Å²) in [6, 6.07) is 8.67. The SMILES string of the molecule is CCc1nc(-c2nnn(C)c2COC(=O)Oc2ccc([N+](=O)[O-])cc2)ccc1O[C@H]1CCC[C@H](C(=O)OC(C)C)C1. The molecule has 0 aliphatic heterocycles. The number of aromatic nitrogens is 4. The highest BCUT2D eigenvalue weighted by Gasteiger charge is 2.30. The van der Waals surface area contributed by atoms with Gasteiger partial charge in [-0.05, 0) is 70.2 Å². The summed E-state index contributed by atoms with van der Waals surface area (Å²) in [6.07, 6.45) is 2.46. The number of pyridine rings is 1. The Labute approximate surface area is 236 Å². The molecule has 1 aromatic carbocycles. The van der Waals surface area contributed by atoms with Gasteiger partial charge in [0, 0.05) is 19.2 Å². The lowest BCUT2D eigenvalue weighted by Gasteiger charge is -2.29. The number of carbonyl (C=O) groups is 2. The molecule has 1 aliphatic rings. The number of esters is 1. The van der Waals surface area contributed by atoms with Crippen molar-refractivity contribution in [1.82, 2.24) is 20.0 Å². The van der Waals surface area contributed by atoms with Crippen LogP contribution >= 0.6 is 0 Å². The van der Waals surface area contributed by atoms with Crippen LogP contribution in [0, 0.1) is 16.0 Å². The number of rotatable bonds is 10. The van der Waals surface area contributed by atoms with Crippen LogP contribution in [-0.4, -0.2) is 49.2 Å². The normalized spacial score (nSPS) is 16.7. The third-order valence-corrected chi connectivity index (χ3v) is 6.63. The molecular weight excluding hydrogens is 534 g/mol. The number of non-ortho nitro benzene ring substituents is 1. The van der Waals surface area contributed by atoms with Crippen molar-refractivity contribution in [3.63, 3.8) is 0 Å². The van der Waals surface area contributed by atoms with Crippen molar-refractivity contribution in [3.05, 3.63) is 57.9 Å². The molecule has 0 spiro atoms. The first kappa shape index (κ1) is 29.4. The highest BCUT2D eigenvalue weighted by Crippen LogP contribution is 2.32. The molecule has 0 N–H and O–H groups in total. The van der Waals surface area contributed by atoms with E-state index >= 15 is 0 Å². The van der Waals surface area contributed by atoms with Crippen LogP contribution in [0.3, 0.4) is 0 Å². The van der Waals surface area contributed by atoms with E-state index < -0.39 is 11.1 Å². The largest absolute Gasteiger partial charge is 0.514 e. The zero-order valence-corrected chi connectivity index (χ0v) is 23.4. The molecule has 13 nitrogen and oxygen atoms in total. The molecule has 2 heterocycles. The lowest BCUT2D eigenvalue weighted by molar-refractivity contribution is -0.384. The first-order valence-corrected chi connectivity index (χ1v) is 13.5. The third-order valence-electron chi connectivity index (χ3n) is 6.63. The maximum atomic E-state index is 12.4. The molecule has 1 saturated carbocycles. The number of ether oxygens (including phenoxy) is 4. The van der Waals surface area contributed by atoms with Crippen molar-refractivity contribution in [1.29, 1.82) is 0 Å². The van der Waals surface area contributed by atoms with E-state index in [0.29, 0.717) is 35.7 Å². The Bertz CT molecular complexity index is 1390. The Kier molecular flexibility index (Phi) is 9.48. The average Bonchev–Trinajstić information content (AvgIpc) is 3.32. The molecule has 13 heteroatoms. The summed E-state index contributed by atoms with van der Waals surface area (Å²) in [4.78, 5) is 39.7. The number of hydrogen-bond acceptors (Lipinski definition) is 11. The second kappa shape index (κ2) is 13.2. The van der Waals surface area contributed by atoms with Crippen molar-refractivity contribution in [2.75, 3.05) is 0 Å². The highest BCUT2D eigenvalue weighted by atomic mass is 16.7. The van der Waals surface area contributed by atoms with Crippen LogP contribution in [0.2, 0.25) is 0 Å². The summed E-state index contributed by atoms with van der Waals surface area (Å²) in [5.74, 6) is 0.400. The van der Waals surface area contributed by atoms with Gasteiger partial charge in [-0.3, -0.25) is 14.9 Å². The molecule has 2 aromatic heterocycles. The second-order valence-corrected chi connectivity index (χ2v) is 9.98. The smallest absolute Gasteiger partial charge is 0.488 e. The minimum absolute atomic E-state index is 0.106. The van der Waals surface area contributed by atoms with Gasteiger partial charge in [0.25, 0.3) is 5.69 Å². The molecule has 0 saturated heterocycles. The Morgan fingerprint density at radius 3 is 2.59 bits per heavy atom. The fourth-order valence-electron chi connectivity index (χ4n) is 4.58. The number of carbonyl (C=O) groups excluding carboxylic acids is 2. The molecule has 41 heavy (non-hydrogen) atoms. The molecule has 4 rings (SSSR count). The lowest BCUT2D eigenvalue weighted by Crippen LogP contribution is -2.32. The molecular formula is C28H33N5O8.